The van der Waals surface area contributed by atoms with Gasteiger partial charge >= 0.3 is 0 Å². The first kappa shape index (κ1) is 12.8. The lowest BCUT2D eigenvalue weighted by Crippen LogP contribution is -2.24. The summed E-state index contributed by atoms with van der Waals surface area (Å²) in [7, 11) is 0. The van der Waals surface area contributed by atoms with Crippen molar-refractivity contribution >= 4 is 17.5 Å². The Morgan fingerprint density at radius 3 is 3.05 bits per heavy atom. The molecule has 0 saturated carbocycles. The molecule has 3 rings (SSSR count). The van der Waals surface area contributed by atoms with E-state index in [4.69, 9.17) is 21.1 Å². The van der Waals surface area contributed by atoms with Gasteiger partial charge in [0, 0.05) is 12.5 Å². The van der Waals surface area contributed by atoms with Crippen LogP contribution in [0.4, 0.5) is 0 Å². The van der Waals surface area contributed by atoms with Crippen molar-refractivity contribution in [2.75, 3.05) is 26.4 Å². The van der Waals surface area contributed by atoms with Crippen LogP contribution in [0.1, 0.15) is 27.7 Å². The molecule has 1 aromatic rings. The topological polar surface area (TPSA) is 47.6 Å². The Labute approximate surface area is 117 Å². The summed E-state index contributed by atoms with van der Waals surface area (Å²) < 4.78 is 10.9. The fourth-order valence-corrected chi connectivity index (χ4v) is 2.83. The first-order chi connectivity index (χ1) is 9.25. The summed E-state index contributed by atoms with van der Waals surface area (Å²) in [5.74, 6) is 0.848. The summed E-state index contributed by atoms with van der Waals surface area (Å²) in [6, 6.07) is 5.61. The molecule has 0 spiro atoms. The van der Waals surface area contributed by atoms with Crippen LogP contribution in [0.2, 0.25) is 0 Å². The lowest BCUT2D eigenvalue weighted by atomic mass is 9.96. The zero-order valence-electron chi connectivity index (χ0n) is 10.5. The zero-order valence-corrected chi connectivity index (χ0v) is 11.3. The number of rotatable bonds is 2. The van der Waals surface area contributed by atoms with Crippen LogP contribution in [-0.2, 0) is 4.74 Å². The van der Waals surface area contributed by atoms with Gasteiger partial charge in [-0.3, -0.25) is 4.79 Å². The van der Waals surface area contributed by atoms with Crippen LogP contribution in [0, 0.1) is 5.92 Å². The Kier molecular flexibility index (Phi) is 3.62. The van der Waals surface area contributed by atoms with E-state index in [0.717, 1.165) is 18.6 Å². The average Bonchev–Trinajstić information content (AvgIpc) is 2.90. The van der Waals surface area contributed by atoms with Gasteiger partial charge in [0.2, 0.25) is 0 Å². The van der Waals surface area contributed by atoms with Gasteiger partial charge in [0.15, 0.2) is 0 Å². The average molecular weight is 282 g/mol. The molecule has 0 radical (unpaired) electrons. The molecule has 0 bridgehead atoms. The zero-order chi connectivity index (χ0) is 13.2. The van der Waals surface area contributed by atoms with E-state index >= 15 is 0 Å². The van der Waals surface area contributed by atoms with Crippen molar-refractivity contribution in [3.8, 4) is 5.75 Å². The lowest BCUT2D eigenvalue weighted by Gasteiger charge is -2.17. The number of hydrogen-bond acceptors (Lipinski definition) is 3. The smallest absolute Gasteiger partial charge is 0.255 e. The molecular formula is C14H16ClNO3. The Morgan fingerprint density at radius 1 is 1.37 bits per heavy atom. The third-order valence-electron chi connectivity index (χ3n) is 3.59. The predicted molar refractivity (Wildman–Crippen MR) is 71.8 cm³/mol. The van der Waals surface area contributed by atoms with E-state index in [-0.39, 0.29) is 11.3 Å². The summed E-state index contributed by atoms with van der Waals surface area (Å²) in [4.78, 5) is 11.9. The van der Waals surface area contributed by atoms with E-state index in [9.17, 15) is 4.79 Å². The van der Waals surface area contributed by atoms with Crippen molar-refractivity contribution in [1.29, 1.82) is 0 Å². The van der Waals surface area contributed by atoms with Crippen LogP contribution < -0.4 is 10.1 Å². The number of amides is 1. The summed E-state index contributed by atoms with van der Waals surface area (Å²) in [5.41, 5.74) is 1.52. The monoisotopic (exact) mass is 281 g/mol. The van der Waals surface area contributed by atoms with Crippen molar-refractivity contribution in [2.45, 2.75) is 11.8 Å². The van der Waals surface area contributed by atoms with Crippen molar-refractivity contribution in [3.63, 3.8) is 0 Å². The predicted octanol–water partition coefficient (Wildman–Crippen LogP) is 2.13. The third-order valence-corrected chi connectivity index (χ3v) is 4.20. The number of ether oxygens (including phenoxy) is 2. The highest BCUT2D eigenvalue weighted by atomic mass is 35.5. The summed E-state index contributed by atoms with van der Waals surface area (Å²) in [6.07, 6.45) is 0.966. The molecule has 2 unspecified atom stereocenters. The molecule has 1 saturated heterocycles. The fraction of sp³-hybridized carbons (Fsp3) is 0.500. The Hall–Kier alpha value is -1.26. The van der Waals surface area contributed by atoms with Gasteiger partial charge in [-0.2, -0.15) is 0 Å². The molecule has 1 amide bonds. The van der Waals surface area contributed by atoms with Gasteiger partial charge in [-0.1, -0.05) is 6.07 Å². The molecule has 1 aromatic carbocycles. The van der Waals surface area contributed by atoms with Gasteiger partial charge in [-0.05, 0) is 24.1 Å². The maximum Gasteiger partial charge on any atom is 0.255 e. The third kappa shape index (κ3) is 2.55. The van der Waals surface area contributed by atoms with E-state index in [2.05, 4.69) is 5.32 Å². The Balaban J connectivity index is 1.89. The molecule has 0 aromatic heterocycles. The van der Waals surface area contributed by atoms with Gasteiger partial charge < -0.3 is 14.8 Å². The highest BCUT2D eigenvalue weighted by Crippen LogP contribution is 2.36. The van der Waals surface area contributed by atoms with Crippen LogP contribution in [0.25, 0.3) is 0 Å². The number of nitrogens with one attached hydrogen (secondary N) is 1. The molecule has 2 aliphatic heterocycles. The van der Waals surface area contributed by atoms with Crippen LogP contribution >= 0.6 is 11.6 Å². The van der Waals surface area contributed by atoms with E-state index in [1.165, 1.54) is 0 Å². The van der Waals surface area contributed by atoms with Crippen LogP contribution in [0.5, 0.6) is 5.75 Å². The second-order valence-electron chi connectivity index (χ2n) is 4.89. The van der Waals surface area contributed by atoms with Crippen molar-refractivity contribution in [3.05, 3.63) is 29.3 Å². The normalized spacial score (nSPS) is 24.1. The van der Waals surface area contributed by atoms with Gasteiger partial charge in [0.1, 0.15) is 12.4 Å². The first-order valence-corrected chi connectivity index (χ1v) is 6.96. The Morgan fingerprint density at radius 2 is 2.26 bits per heavy atom. The maximum absolute atomic E-state index is 11.9. The quantitative estimate of drug-likeness (QED) is 0.845. The summed E-state index contributed by atoms with van der Waals surface area (Å²) in [6.45, 7) is 2.48. The van der Waals surface area contributed by atoms with Crippen LogP contribution in [0.15, 0.2) is 18.2 Å². The molecule has 1 fully saturated rings. The first-order valence-electron chi connectivity index (χ1n) is 6.52. The van der Waals surface area contributed by atoms with E-state index in [0.29, 0.717) is 37.0 Å². The largest absolute Gasteiger partial charge is 0.491 e. The molecule has 19 heavy (non-hydrogen) atoms. The summed E-state index contributed by atoms with van der Waals surface area (Å²) in [5, 5.41) is 2.68. The lowest BCUT2D eigenvalue weighted by molar-refractivity contribution is 0.0957. The molecule has 2 atom stereocenters. The number of benzene rings is 1. The second kappa shape index (κ2) is 5.39. The summed E-state index contributed by atoms with van der Waals surface area (Å²) >= 11 is 6.49. The standard InChI is InChI=1S/C14H16ClNO3/c15-13(10-3-5-18-8-10)9-1-2-12-11(7-9)14(17)16-4-6-19-12/h1-2,7,10,13H,3-6,8H2,(H,16,17). The van der Waals surface area contributed by atoms with Crippen LogP contribution in [0.3, 0.4) is 0 Å². The molecule has 2 heterocycles. The number of carbonyl (C=O) groups is 1. The number of carbonyl (C=O) groups excluding carboxylic acids is 1. The second-order valence-corrected chi connectivity index (χ2v) is 5.36. The highest BCUT2D eigenvalue weighted by Gasteiger charge is 2.27. The van der Waals surface area contributed by atoms with Crippen LogP contribution in [-0.4, -0.2) is 32.3 Å². The highest BCUT2D eigenvalue weighted by molar-refractivity contribution is 6.21. The van der Waals surface area contributed by atoms with Gasteiger partial charge in [-0.15, -0.1) is 11.6 Å². The minimum absolute atomic E-state index is 0.0964. The van der Waals surface area contributed by atoms with Gasteiger partial charge in [-0.25, -0.2) is 0 Å². The SMILES string of the molecule is O=C1NCCOc2ccc(C(Cl)C3CCOC3)cc21. The Bertz CT molecular complexity index is 486. The van der Waals surface area contributed by atoms with Gasteiger partial charge in [0.05, 0.1) is 24.1 Å². The maximum atomic E-state index is 11.9. The molecular weight excluding hydrogens is 266 g/mol. The minimum atomic E-state index is -0.121. The molecule has 5 heteroatoms. The molecule has 0 aliphatic carbocycles. The number of fused-ring (bicyclic) bond motifs is 1. The fourth-order valence-electron chi connectivity index (χ4n) is 2.50. The molecule has 2 aliphatic rings. The van der Waals surface area contributed by atoms with E-state index in [1.54, 1.807) is 0 Å². The molecule has 102 valence electrons. The molecule has 4 nitrogen and oxygen atoms in total. The molecule has 1 N–H and O–H groups in total. The van der Waals surface area contributed by atoms with Crippen molar-refractivity contribution in [1.82, 2.24) is 5.32 Å². The number of halogens is 1. The van der Waals surface area contributed by atoms with E-state index in [1.807, 2.05) is 18.2 Å². The number of alkyl halides is 1. The number of hydrogen-bond donors (Lipinski definition) is 1. The minimum Gasteiger partial charge on any atom is -0.491 e. The van der Waals surface area contributed by atoms with E-state index < -0.39 is 0 Å². The van der Waals surface area contributed by atoms with Crippen molar-refractivity contribution in [2.24, 2.45) is 5.92 Å². The van der Waals surface area contributed by atoms with Gasteiger partial charge in [0.25, 0.3) is 5.91 Å². The van der Waals surface area contributed by atoms with Crippen molar-refractivity contribution < 1.29 is 14.3 Å².